The molecule has 1 heterocycles. The van der Waals surface area contributed by atoms with Crippen LogP contribution in [-0.4, -0.2) is 61.8 Å². The van der Waals surface area contributed by atoms with Gasteiger partial charge in [0.2, 0.25) is 5.91 Å². The van der Waals surface area contributed by atoms with Gasteiger partial charge in [-0.25, -0.2) is 0 Å². The summed E-state index contributed by atoms with van der Waals surface area (Å²) < 4.78 is 4.85. The van der Waals surface area contributed by atoms with E-state index in [-0.39, 0.29) is 5.91 Å². The van der Waals surface area contributed by atoms with Crippen molar-refractivity contribution in [2.75, 3.05) is 50.6 Å². The largest absolute Gasteiger partial charge is 0.383 e. The summed E-state index contributed by atoms with van der Waals surface area (Å²) in [5.41, 5.74) is 0. The molecule has 1 atom stereocenters. The highest BCUT2D eigenvalue weighted by Gasteiger charge is 2.13. The maximum Gasteiger partial charge on any atom is 0.234 e. The standard InChI is InChI=1S/C10H20N2O2S2/c1-14-3-2-12-10(13)7-11-6-9-8-15-4-5-16-9/h9,11H,2-8H2,1H3,(H,12,13). The lowest BCUT2D eigenvalue weighted by molar-refractivity contribution is -0.120. The second-order valence-corrected chi connectivity index (χ2v) is 6.10. The molecule has 0 saturated carbocycles. The Kier molecular flexibility index (Phi) is 8.10. The number of hydrogen-bond acceptors (Lipinski definition) is 5. The van der Waals surface area contributed by atoms with Crippen LogP contribution in [-0.2, 0) is 9.53 Å². The molecule has 6 heteroatoms. The van der Waals surface area contributed by atoms with Gasteiger partial charge >= 0.3 is 0 Å². The quantitative estimate of drug-likeness (QED) is 0.643. The van der Waals surface area contributed by atoms with Crippen molar-refractivity contribution in [3.8, 4) is 0 Å². The zero-order valence-electron chi connectivity index (χ0n) is 9.66. The fourth-order valence-electron chi connectivity index (χ4n) is 1.36. The Labute approximate surface area is 106 Å². The average molecular weight is 264 g/mol. The minimum atomic E-state index is 0.0468. The molecule has 0 aliphatic carbocycles. The summed E-state index contributed by atoms with van der Waals surface area (Å²) in [5, 5.41) is 6.64. The van der Waals surface area contributed by atoms with Crippen molar-refractivity contribution in [1.82, 2.24) is 10.6 Å². The number of methoxy groups -OCH3 is 1. The number of hydrogen-bond donors (Lipinski definition) is 2. The van der Waals surface area contributed by atoms with Crippen LogP contribution >= 0.6 is 23.5 Å². The molecule has 0 radical (unpaired) electrons. The van der Waals surface area contributed by atoms with Crippen LogP contribution in [0.15, 0.2) is 0 Å². The number of ether oxygens (including phenoxy) is 1. The lowest BCUT2D eigenvalue weighted by Crippen LogP contribution is -2.38. The van der Waals surface area contributed by atoms with E-state index in [4.69, 9.17) is 4.74 Å². The van der Waals surface area contributed by atoms with Crippen LogP contribution in [0.25, 0.3) is 0 Å². The zero-order valence-corrected chi connectivity index (χ0v) is 11.3. The summed E-state index contributed by atoms with van der Waals surface area (Å²) in [6, 6.07) is 0. The summed E-state index contributed by atoms with van der Waals surface area (Å²) >= 11 is 4.00. The number of amides is 1. The first kappa shape index (κ1) is 14.2. The van der Waals surface area contributed by atoms with E-state index < -0.39 is 0 Å². The second-order valence-electron chi connectivity index (χ2n) is 3.54. The van der Waals surface area contributed by atoms with E-state index in [0.29, 0.717) is 24.9 Å². The number of thioether (sulfide) groups is 2. The van der Waals surface area contributed by atoms with Gasteiger partial charge in [0.15, 0.2) is 0 Å². The van der Waals surface area contributed by atoms with Gasteiger partial charge in [-0.3, -0.25) is 4.79 Å². The molecule has 0 aromatic carbocycles. The molecule has 1 unspecified atom stereocenters. The summed E-state index contributed by atoms with van der Waals surface area (Å²) in [6.45, 7) is 2.49. The molecule has 0 aromatic heterocycles. The van der Waals surface area contributed by atoms with Gasteiger partial charge in [-0.2, -0.15) is 23.5 Å². The van der Waals surface area contributed by atoms with E-state index in [2.05, 4.69) is 10.6 Å². The molecule has 0 spiro atoms. The van der Waals surface area contributed by atoms with E-state index >= 15 is 0 Å². The minimum absolute atomic E-state index is 0.0468. The third kappa shape index (κ3) is 6.62. The molecule has 1 aliphatic heterocycles. The monoisotopic (exact) mass is 264 g/mol. The fraction of sp³-hybridized carbons (Fsp3) is 0.900. The Hall–Kier alpha value is 0.0900. The predicted octanol–water partition coefficient (Wildman–Crippen LogP) is 0.187. The molecule has 1 rings (SSSR count). The molecule has 1 saturated heterocycles. The molecule has 2 N–H and O–H groups in total. The first-order valence-electron chi connectivity index (χ1n) is 5.48. The topological polar surface area (TPSA) is 50.4 Å². The Morgan fingerprint density at radius 3 is 3.06 bits per heavy atom. The Morgan fingerprint density at radius 2 is 2.38 bits per heavy atom. The van der Waals surface area contributed by atoms with Crippen LogP contribution in [0, 0.1) is 0 Å². The zero-order chi connectivity index (χ0) is 11.6. The van der Waals surface area contributed by atoms with E-state index in [9.17, 15) is 4.79 Å². The van der Waals surface area contributed by atoms with Crippen molar-refractivity contribution in [3.63, 3.8) is 0 Å². The molecule has 94 valence electrons. The maximum absolute atomic E-state index is 11.3. The van der Waals surface area contributed by atoms with Crippen LogP contribution in [0.5, 0.6) is 0 Å². The fourth-order valence-corrected chi connectivity index (χ4v) is 4.00. The SMILES string of the molecule is COCCNC(=O)CNCC1CSCCS1. The molecular weight excluding hydrogens is 244 g/mol. The van der Waals surface area contributed by atoms with Gasteiger partial charge in [0.1, 0.15) is 0 Å². The smallest absolute Gasteiger partial charge is 0.234 e. The summed E-state index contributed by atoms with van der Waals surface area (Å²) in [4.78, 5) is 11.3. The Bertz CT molecular complexity index is 199. The van der Waals surface area contributed by atoms with Crippen LogP contribution in [0.4, 0.5) is 0 Å². The van der Waals surface area contributed by atoms with E-state index in [1.54, 1.807) is 7.11 Å². The molecular formula is C10H20N2O2S2. The van der Waals surface area contributed by atoms with Crippen molar-refractivity contribution in [2.24, 2.45) is 0 Å². The molecule has 1 aliphatic rings. The second kappa shape index (κ2) is 9.15. The lowest BCUT2D eigenvalue weighted by atomic mass is 10.4. The van der Waals surface area contributed by atoms with E-state index in [1.165, 1.54) is 17.3 Å². The Morgan fingerprint density at radius 1 is 1.50 bits per heavy atom. The van der Waals surface area contributed by atoms with Crippen LogP contribution in [0.2, 0.25) is 0 Å². The first-order chi connectivity index (χ1) is 7.83. The number of nitrogens with one attached hydrogen (secondary N) is 2. The molecule has 16 heavy (non-hydrogen) atoms. The van der Waals surface area contributed by atoms with Crippen molar-refractivity contribution < 1.29 is 9.53 Å². The highest BCUT2D eigenvalue weighted by molar-refractivity contribution is 8.06. The summed E-state index contributed by atoms with van der Waals surface area (Å²) in [6.07, 6.45) is 0. The van der Waals surface area contributed by atoms with E-state index in [1.807, 2.05) is 23.5 Å². The molecule has 1 fully saturated rings. The van der Waals surface area contributed by atoms with Gasteiger partial charge < -0.3 is 15.4 Å². The first-order valence-corrected chi connectivity index (χ1v) is 7.69. The van der Waals surface area contributed by atoms with Crippen molar-refractivity contribution in [1.29, 1.82) is 0 Å². The summed E-state index contributed by atoms with van der Waals surface area (Å²) in [5.74, 6) is 3.74. The third-order valence-corrected chi connectivity index (χ3v) is 5.02. The number of carbonyl (C=O) groups is 1. The van der Waals surface area contributed by atoms with Gasteiger partial charge in [0, 0.05) is 42.7 Å². The molecule has 0 aromatic rings. The van der Waals surface area contributed by atoms with Crippen LogP contribution in [0.3, 0.4) is 0 Å². The maximum atomic E-state index is 11.3. The average Bonchev–Trinajstić information content (AvgIpc) is 2.31. The minimum Gasteiger partial charge on any atom is -0.383 e. The molecule has 4 nitrogen and oxygen atoms in total. The summed E-state index contributed by atoms with van der Waals surface area (Å²) in [7, 11) is 1.63. The van der Waals surface area contributed by atoms with Gasteiger partial charge in [-0.1, -0.05) is 0 Å². The highest BCUT2D eigenvalue weighted by Crippen LogP contribution is 2.22. The van der Waals surface area contributed by atoms with Crippen molar-refractivity contribution >= 4 is 29.4 Å². The number of carbonyl (C=O) groups excluding carboxylic acids is 1. The molecule has 1 amide bonds. The number of rotatable bonds is 7. The van der Waals surface area contributed by atoms with Crippen molar-refractivity contribution in [2.45, 2.75) is 5.25 Å². The lowest BCUT2D eigenvalue weighted by Gasteiger charge is -2.21. The van der Waals surface area contributed by atoms with Crippen LogP contribution < -0.4 is 10.6 Å². The van der Waals surface area contributed by atoms with Gasteiger partial charge in [-0.05, 0) is 0 Å². The van der Waals surface area contributed by atoms with Gasteiger partial charge in [0.25, 0.3) is 0 Å². The normalized spacial score (nSPS) is 20.7. The van der Waals surface area contributed by atoms with Crippen molar-refractivity contribution in [3.05, 3.63) is 0 Å². The molecule has 0 bridgehead atoms. The highest BCUT2D eigenvalue weighted by atomic mass is 32.2. The van der Waals surface area contributed by atoms with Gasteiger partial charge in [0.05, 0.1) is 13.2 Å². The van der Waals surface area contributed by atoms with Crippen LogP contribution in [0.1, 0.15) is 0 Å². The Balaban J connectivity index is 1.94. The van der Waals surface area contributed by atoms with Gasteiger partial charge in [-0.15, -0.1) is 0 Å². The third-order valence-electron chi connectivity index (χ3n) is 2.17. The van der Waals surface area contributed by atoms with E-state index in [0.717, 1.165) is 6.54 Å². The predicted molar refractivity (Wildman–Crippen MR) is 71.3 cm³/mol.